The van der Waals surface area contributed by atoms with Crippen molar-refractivity contribution >= 4 is 44.6 Å². The second kappa shape index (κ2) is 11.9. The number of piperazine rings is 1. The molecular weight excluding hydrogens is 527 g/mol. The normalized spacial score (nSPS) is 14.2. The monoisotopic (exact) mass is 558 g/mol. The number of unbranched alkanes of at least 4 members (excludes halogenated alkanes) is 1. The highest BCUT2D eigenvalue weighted by molar-refractivity contribution is 7.90. The molecule has 0 bridgehead atoms. The van der Waals surface area contributed by atoms with E-state index in [0.29, 0.717) is 41.8 Å². The molecule has 8 heteroatoms. The van der Waals surface area contributed by atoms with E-state index in [4.69, 9.17) is 23.2 Å². The van der Waals surface area contributed by atoms with Gasteiger partial charge in [0.15, 0.2) is 9.84 Å². The molecule has 0 aromatic heterocycles. The standard InChI is InChI=1S/C29H32Cl2N2O3S/c1-3-4-6-22-10-12-23(13-11-22)20-37(35,36)24-14-9-21(2)25(19-24)29(34)33-17-15-32(16-18-33)28-26(30)7-5-8-27(28)31/h5,7-14,19H,3-4,6,15-18,20H2,1-2H3. The molecule has 3 aromatic rings. The number of rotatable bonds is 8. The molecule has 1 aliphatic heterocycles. The van der Waals surface area contributed by atoms with E-state index in [2.05, 4.69) is 11.8 Å². The predicted octanol–water partition coefficient (Wildman–Crippen LogP) is 6.58. The van der Waals surface area contributed by atoms with Gasteiger partial charge in [-0.1, -0.05) is 72.9 Å². The zero-order valence-corrected chi connectivity index (χ0v) is 23.5. The van der Waals surface area contributed by atoms with Crippen LogP contribution in [0, 0.1) is 6.92 Å². The molecule has 0 radical (unpaired) electrons. The zero-order chi connectivity index (χ0) is 26.6. The number of aryl methyl sites for hydroxylation is 2. The Labute approximate surface area is 229 Å². The number of hydrogen-bond acceptors (Lipinski definition) is 4. The van der Waals surface area contributed by atoms with Gasteiger partial charge in [0.1, 0.15) is 0 Å². The van der Waals surface area contributed by atoms with Gasteiger partial charge < -0.3 is 9.80 Å². The summed E-state index contributed by atoms with van der Waals surface area (Å²) < 4.78 is 26.5. The third kappa shape index (κ3) is 6.49. The number of carbonyl (C=O) groups excluding carboxylic acids is 1. The molecule has 0 unspecified atom stereocenters. The summed E-state index contributed by atoms with van der Waals surface area (Å²) in [6.07, 6.45) is 3.23. The van der Waals surface area contributed by atoms with Crippen molar-refractivity contribution in [2.75, 3.05) is 31.1 Å². The first kappa shape index (κ1) is 27.5. The van der Waals surface area contributed by atoms with Crippen molar-refractivity contribution in [3.8, 4) is 0 Å². The van der Waals surface area contributed by atoms with E-state index in [1.807, 2.05) is 31.2 Å². The second-order valence-electron chi connectivity index (χ2n) is 9.51. The molecule has 0 N–H and O–H groups in total. The Balaban J connectivity index is 1.46. The summed E-state index contributed by atoms with van der Waals surface area (Å²) in [7, 11) is -3.61. The van der Waals surface area contributed by atoms with Gasteiger partial charge in [0.25, 0.3) is 5.91 Å². The van der Waals surface area contributed by atoms with E-state index in [0.717, 1.165) is 36.1 Å². The smallest absolute Gasteiger partial charge is 0.254 e. The number of halogens is 2. The quantitative estimate of drug-likeness (QED) is 0.313. The Bertz CT molecular complexity index is 1350. The molecule has 1 saturated heterocycles. The topological polar surface area (TPSA) is 57.7 Å². The molecule has 196 valence electrons. The minimum absolute atomic E-state index is 0.102. The average Bonchev–Trinajstić information content (AvgIpc) is 2.88. The van der Waals surface area contributed by atoms with E-state index >= 15 is 0 Å². The van der Waals surface area contributed by atoms with E-state index < -0.39 is 9.84 Å². The van der Waals surface area contributed by atoms with E-state index in [1.165, 1.54) is 11.6 Å². The van der Waals surface area contributed by atoms with Crippen LogP contribution in [-0.2, 0) is 22.0 Å². The lowest BCUT2D eigenvalue weighted by atomic mass is 10.1. The number of sulfone groups is 1. The van der Waals surface area contributed by atoms with Crippen LogP contribution >= 0.6 is 23.2 Å². The van der Waals surface area contributed by atoms with Crippen molar-refractivity contribution in [2.45, 2.75) is 43.8 Å². The van der Waals surface area contributed by atoms with Crippen molar-refractivity contribution in [2.24, 2.45) is 0 Å². The minimum atomic E-state index is -3.61. The highest BCUT2D eigenvalue weighted by Crippen LogP contribution is 2.34. The Hall–Kier alpha value is -2.54. The molecule has 0 aliphatic carbocycles. The number of anilines is 1. The Morgan fingerprint density at radius 3 is 2.14 bits per heavy atom. The van der Waals surface area contributed by atoms with Gasteiger partial charge in [0, 0.05) is 31.7 Å². The van der Waals surface area contributed by atoms with Crippen molar-refractivity contribution < 1.29 is 13.2 Å². The number of hydrogen-bond donors (Lipinski definition) is 0. The largest absolute Gasteiger partial charge is 0.366 e. The van der Waals surface area contributed by atoms with Gasteiger partial charge in [-0.05, 0) is 60.7 Å². The van der Waals surface area contributed by atoms with Gasteiger partial charge in [0.05, 0.1) is 26.4 Å². The van der Waals surface area contributed by atoms with Crippen molar-refractivity contribution in [3.63, 3.8) is 0 Å². The summed E-state index contributed by atoms with van der Waals surface area (Å²) >= 11 is 12.7. The van der Waals surface area contributed by atoms with Crippen LogP contribution in [-0.4, -0.2) is 45.4 Å². The summed E-state index contributed by atoms with van der Waals surface area (Å²) in [5, 5.41) is 1.16. The molecule has 0 saturated carbocycles. The molecule has 5 nitrogen and oxygen atoms in total. The molecule has 1 heterocycles. The van der Waals surface area contributed by atoms with Crippen LogP contribution in [0.15, 0.2) is 65.6 Å². The van der Waals surface area contributed by atoms with Crippen LogP contribution in [0.4, 0.5) is 5.69 Å². The van der Waals surface area contributed by atoms with Crippen LogP contribution in [0.3, 0.4) is 0 Å². The van der Waals surface area contributed by atoms with Gasteiger partial charge in [0.2, 0.25) is 0 Å². The number of amides is 1. The van der Waals surface area contributed by atoms with Crippen molar-refractivity contribution in [1.29, 1.82) is 0 Å². The Morgan fingerprint density at radius 1 is 0.892 bits per heavy atom. The maximum atomic E-state index is 13.4. The number of para-hydroxylation sites is 1. The zero-order valence-electron chi connectivity index (χ0n) is 21.2. The summed E-state index contributed by atoms with van der Waals surface area (Å²) in [6.45, 7) is 6.12. The van der Waals surface area contributed by atoms with Crippen LogP contribution in [0.25, 0.3) is 0 Å². The van der Waals surface area contributed by atoms with E-state index in [1.54, 1.807) is 35.2 Å². The third-order valence-corrected chi connectivity index (χ3v) is 9.11. The van der Waals surface area contributed by atoms with Crippen LogP contribution in [0.5, 0.6) is 0 Å². The molecule has 0 atom stereocenters. The fraction of sp³-hybridized carbons (Fsp3) is 0.345. The Kier molecular flexibility index (Phi) is 8.83. The SMILES string of the molecule is CCCCc1ccc(CS(=O)(=O)c2ccc(C)c(C(=O)N3CCN(c4c(Cl)cccc4Cl)CC3)c2)cc1. The number of nitrogens with zero attached hydrogens (tertiary/aromatic N) is 2. The van der Waals surface area contributed by atoms with Crippen LogP contribution in [0.1, 0.15) is 46.8 Å². The lowest BCUT2D eigenvalue weighted by Crippen LogP contribution is -2.49. The number of carbonyl (C=O) groups is 1. The van der Waals surface area contributed by atoms with Gasteiger partial charge in [-0.15, -0.1) is 0 Å². The molecule has 0 spiro atoms. The first-order valence-corrected chi connectivity index (χ1v) is 15.0. The maximum absolute atomic E-state index is 13.4. The fourth-order valence-corrected chi connectivity index (χ4v) is 6.61. The first-order chi connectivity index (χ1) is 17.7. The van der Waals surface area contributed by atoms with E-state index in [-0.39, 0.29) is 16.6 Å². The van der Waals surface area contributed by atoms with Gasteiger partial charge in [-0.25, -0.2) is 8.42 Å². The first-order valence-electron chi connectivity index (χ1n) is 12.6. The summed E-state index contributed by atoms with van der Waals surface area (Å²) in [6, 6.07) is 18.0. The fourth-order valence-electron chi connectivity index (χ4n) is 4.61. The summed E-state index contributed by atoms with van der Waals surface area (Å²) in [5.74, 6) is -0.269. The Morgan fingerprint density at radius 2 is 1.51 bits per heavy atom. The van der Waals surface area contributed by atoms with Crippen LogP contribution in [0.2, 0.25) is 10.0 Å². The second-order valence-corrected chi connectivity index (χ2v) is 12.3. The van der Waals surface area contributed by atoms with Gasteiger partial charge in [-0.3, -0.25) is 4.79 Å². The van der Waals surface area contributed by atoms with Crippen LogP contribution < -0.4 is 4.90 Å². The molecule has 1 fully saturated rings. The number of benzene rings is 3. The average molecular weight is 560 g/mol. The van der Waals surface area contributed by atoms with Crippen molar-refractivity contribution in [1.82, 2.24) is 4.90 Å². The summed E-state index contributed by atoms with van der Waals surface area (Å²) in [5.41, 5.74) is 3.90. The van der Waals surface area contributed by atoms with Crippen molar-refractivity contribution in [3.05, 3.63) is 93.0 Å². The minimum Gasteiger partial charge on any atom is -0.366 e. The molecule has 1 aliphatic rings. The molecule has 4 rings (SSSR count). The van der Waals surface area contributed by atoms with E-state index in [9.17, 15) is 13.2 Å². The summed E-state index contributed by atoms with van der Waals surface area (Å²) in [4.78, 5) is 17.4. The predicted molar refractivity (Wildman–Crippen MR) is 152 cm³/mol. The third-order valence-electron chi connectivity index (χ3n) is 6.82. The molecule has 1 amide bonds. The molecular formula is C29H32Cl2N2O3S. The lowest BCUT2D eigenvalue weighted by molar-refractivity contribution is 0.0746. The highest BCUT2D eigenvalue weighted by Gasteiger charge is 2.26. The van der Waals surface area contributed by atoms with Gasteiger partial charge >= 0.3 is 0 Å². The molecule has 37 heavy (non-hydrogen) atoms. The van der Waals surface area contributed by atoms with Gasteiger partial charge in [-0.2, -0.15) is 0 Å². The maximum Gasteiger partial charge on any atom is 0.254 e. The molecule has 3 aromatic carbocycles. The highest BCUT2D eigenvalue weighted by atomic mass is 35.5. The lowest BCUT2D eigenvalue weighted by Gasteiger charge is -2.37.